The van der Waals surface area contributed by atoms with Gasteiger partial charge >= 0.3 is 0 Å². The third-order valence-corrected chi connectivity index (χ3v) is 3.38. The zero-order chi connectivity index (χ0) is 11.5. The van der Waals surface area contributed by atoms with Crippen LogP contribution in [-0.4, -0.2) is 4.98 Å². The van der Waals surface area contributed by atoms with Gasteiger partial charge in [0.1, 0.15) is 10.8 Å². The van der Waals surface area contributed by atoms with Crippen LogP contribution in [0.4, 0.5) is 10.1 Å². The summed E-state index contributed by atoms with van der Waals surface area (Å²) in [6.45, 7) is 0. The zero-order valence-electron chi connectivity index (χ0n) is 8.15. The maximum absolute atomic E-state index is 13.0. The SMILES string of the molecule is Nc1ccc(F)cc1Sc1ccc(Br)cn1. The Morgan fingerprint density at radius 2 is 2.06 bits per heavy atom. The molecule has 0 saturated carbocycles. The first-order valence-electron chi connectivity index (χ1n) is 4.49. The molecule has 0 aliphatic heterocycles. The molecule has 2 N–H and O–H groups in total. The number of nitrogens with zero attached hydrogens (tertiary/aromatic N) is 1. The normalized spacial score (nSPS) is 10.4. The van der Waals surface area contributed by atoms with Crippen LogP contribution in [-0.2, 0) is 0 Å². The van der Waals surface area contributed by atoms with E-state index in [9.17, 15) is 4.39 Å². The molecule has 1 aromatic heterocycles. The average molecular weight is 299 g/mol. The molecular formula is C11H8BrFN2S. The highest BCUT2D eigenvalue weighted by Crippen LogP contribution is 2.31. The molecule has 0 aliphatic rings. The van der Waals surface area contributed by atoms with Crippen molar-refractivity contribution in [1.29, 1.82) is 0 Å². The Morgan fingerprint density at radius 1 is 1.25 bits per heavy atom. The molecular weight excluding hydrogens is 291 g/mol. The molecule has 2 nitrogen and oxygen atoms in total. The summed E-state index contributed by atoms with van der Waals surface area (Å²) in [7, 11) is 0. The molecule has 5 heteroatoms. The van der Waals surface area contributed by atoms with Gasteiger partial charge < -0.3 is 5.73 Å². The summed E-state index contributed by atoms with van der Waals surface area (Å²) in [5.74, 6) is -0.297. The first-order chi connectivity index (χ1) is 7.65. The third kappa shape index (κ3) is 2.74. The van der Waals surface area contributed by atoms with Crippen molar-refractivity contribution in [2.45, 2.75) is 9.92 Å². The maximum Gasteiger partial charge on any atom is 0.124 e. The van der Waals surface area contributed by atoms with Crippen LogP contribution in [0.5, 0.6) is 0 Å². The monoisotopic (exact) mass is 298 g/mol. The van der Waals surface area contributed by atoms with Crippen molar-refractivity contribution >= 4 is 33.4 Å². The van der Waals surface area contributed by atoms with E-state index in [0.717, 1.165) is 9.50 Å². The van der Waals surface area contributed by atoms with Gasteiger partial charge in [0, 0.05) is 21.3 Å². The van der Waals surface area contributed by atoms with Crippen molar-refractivity contribution in [3.05, 3.63) is 46.8 Å². The molecule has 16 heavy (non-hydrogen) atoms. The van der Waals surface area contributed by atoms with Crippen molar-refractivity contribution in [1.82, 2.24) is 4.98 Å². The Kier molecular flexibility index (Phi) is 3.46. The van der Waals surface area contributed by atoms with Crippen LogP contribution in [0.3, 0.4) is 0 Å². The van der Waals surface area contributed by atoms with E-state index in [2.05, 4.69) is 20.9 Å². The number of hydrogen-bond donors (Lipinski definition) is 1. The summed E-state index contributed by atoms with van der Waals surface area (Å²) < 4.78 is 13.9. The predicted molar refractivity (Wildman–Crippen MR) is 66.9 cm³/mol. The molecule has 0 unspecified atom stereocenters. The highest BCUT2D eigenvalue weighted by Gasteiger charge is 2.04. The van der Waals surface area contributed by atoms with Gasteiger partial charge in [-0.15, -0.1) is 0 Å². The number of nitrogen functional groups attached to an aromatic ring is 1. The van der Waals surface area contributed by atoms with E-state index in [4.69, 9.17) is 5.73 Å². The van der Waals surface area contributed by atoms with Crippen LogP contribution in [0.25, 0.3) is 0 Å². The Labute approximate surface area is 105 Å². The second-order valence-electron chi connectivity index (χ2n) is 3.10. The fraction of sp³-hybridized carbons (Fsp3) is 0. The lowest BCUT2D eigenvalue weighted by molar-refractivity contribution is 0.624. The van der Waals surface area contributed by atoms with Crippen LogP contribution < -0.4 is 5.73 Å². The number of hydrogen-bond acceptors (Lipinski definition) is 3. The molecule has 2 aromatic rings. The van der Waals surface area contributed by atoms with Crippen LogP contribution >= 0.6 is 27.7 Å². The van der Waals surface area contributed by atoms with Crippen LogP contribution in [0.1, 0.15) is 0 Å². The largest absolute Gasteiger partial charge is 0.398 e. The second kappa shape index (κ2) is 4.84. The number of anilines is 1. The van der Waals surface area contributed by atoms with Gasteiger partial charge in [-0.05, 0) is 46.3 Å². The fourth-order valence-corrected chi connectivity index (χ4v) is 2.19. The number of aromatic nitrogens is 1. The van der Waals surface area contributed by atoms with E-state index in [1.54, 1.807) is 12.3 Å². The molecule has 82 valence electrons. The molecule has 0 atom stereocenters. The summed E-state index contributed by atoms with van der Waals surface area (Å²) in [5, 5.41) is 0.778. The molecule has 0 spiro atoms. The minimum atomic E-state index is -0.297. The Morgan fingerprint density at radius 3 is 2.75 bits per heavy atom. The van der Waals surface area contributed by atoms with Crippen molar-refractivity contribution < 1.29 is 4.39 Å². The fourth-order valence-electron chi connectivity index (χ4n) is 1.13. The van der Waals surface area contributed by atoms with Gasteiger partial charge in [-0.2, -0.15) is 0 Å². The number of benzene rings is 1. The summed E-state index contributed by atoms with van der Waals surface area (Å²) in [6, 6.07) is 8.03. The molecule has 0 bridgehead atoms. The molecule has 0 amide bonds. The predicted octanol–water partition coefficient (Wildman–Crippen LogP) is 3.72. The second-order valence-corrected chi connectivity index (χ2v) is 5.08. The van der Waals surface area contributed by atoms with E-state index in [-0.39, 0.29) is 5.82 Å². The lowest BCUT2D eigenvalue weighted by Crippen LogP contribution is -1.90. The van der Waals surface area contributed by atoms with E-state index in [1.165, 1.54) is 23.9 Å². The van der Waals surface area contributed by atoms with Crippen molar-refractivity contribution in [2.75, 3.05) is 5.73 Å². The van der Waals surface area contributed by atoms with Crippen molar-refractivity contribution in [3.8, 4) is 0 Å². The molecule has 1 aromatic carbocycles. The molecule has 1 heterocycles. The summed E-state index contributed by atoms with van der Waals surface area (Å²) in [5.41, 5.74) is 6.29. The highest BCUT2D eigenvalue weighted by molar-refractivity contribution is 9.10. The van der Waals surface area contributed by atoms with Gasteiger partial charge in [0.25, 0.3) is 0 Å². The van der Waals surface area contributed by atoms with Crippen LogP contribution in [0.15, 0.2) is 50.9 Å². The van der Waals surface area contributed by atoms with E-state index < -0.39 is 0 Å². The van der Waals surface area contributed by atoms with Crippen molar-refractivity contribution in [2.24, 2.45) is 0 Å². The van der Waals surface area contributed by atoms with Crippen LogP contribution in [0.2, 0.25) is 0 Å². The standard InChI is InChI=1S/C11H8BrFN2S/c12-7-1-4-11(15-6-7)16-10-5-8(13)2-3-9(10)14/h1-6H,14H2. The van der Waals surface area contributed by atoms with Gasteiger partial charge in [-0.25, -0.2) is 9.37 Å². The third-order valence-electron chi connectivity index (χ3n) is 1.89. The lowest BCUT2D eigenvalue weighted by Gasteiger charge is -2.04. The summed E-state index contributed by atoms with van der Waals surface area (Å²) in [6.07, 6.45) is 1.69. The number of nitrogens with two attached hydrogens (primary N) is 1. The lowest BCUT2D eigenvalue weighted by atomic mass is 10.3. The van der Waals surface area contributed by atoms with Gasteiger partial charge in [-0.1, -0.05) is 11.8 Å². The molecule has 2 rings (SSSR count). The van der Waals surface area contributed by atoms with Crippen LogP contribution in [0, 0.1) is 5.82 Å². The van der Waals surface area contributed by atoms with Gasteiger partial charge in [0.2, 0.25) is 0 Å². The Bertz CT molecular complexity index is 502. The molecule has 0 saturated heterocycles. The van der Waals surface area contributed by atoms with Gasteiger partial charge in [-0.3, -0.25) is 0 Å². The maximum atomic E-state index is 13.0. The minimum Gasteiger partial charge on any atom is -0.398 e. The molecule has 0 aliphatic carbocycles. The van der Waals surface area contributed by atoms with Gasteiger partial charge in [0.15, 0.2) is 0 Å². The Balaban J connectivity index is 2.26. The Hall–Kier alpha value is -1.07. The topological polar surface area (TPSA) is 38.9 Å². The number of pyridine rings is 1. The average Bonchev–Trinajstić information content (AvgIpc) is 2.27. The van der Waals surface area contributed by atoms with E-state index in [1.807, 2.05) is 12.1 Å². The van der Waals surface area contributed by atoms with E-state index >= 15 is 0 Å². The van der Waals surface area contributed by atoms with Crippen molar-refractivity contribution in [3.63, 3.8) is 0 Å². The minimum absolute atomic E-state index is 0.297. The number of rotatable bonds is 2. The summed E-state index contributed by atoms with van der Waals surface area (Å²) >= 11 is 4.64. The van der Waals surface area contributed by atoms with E-state index in [0.29, 0.717) is 10.6 Å². The molecule has 0 fully saturated rings. The van der Waals surface area contributed by atoms with Gasteiger partial charge in [0.05, 0.1) is 0 Å². The first-order valence-corrected chi connectivity index (χ1v) is 6.10. The quantitative estimate of drug-likeness (QED) is 0.859. The zero-order valence-corrected chi connectivity index (χ0v) is 10.6. The summed E-state index contributed by atoms with van der Waals surface area (Å²) in [4.78, 5) is 4.86. The first kappa shape index (κ1) is 11.4. The molecule has 0 radical (unpaired) electrons. The highest BCUT2D eigenvalue weighted by atomic mass is 79.9. The number of halogens is 2. The smallest absolute Gasteiger partial charge is 0.124 e.